The van der Waals surface area contributed by atoms with Gasteiger partial charge >= 0.3 is 5.97 Å². The van der Waals surface area contributed by atoms with Crippen LogP contribution in [-0.2, 0) is 14.3 Å². The molecule has 14 heavy (non-hydrogen) atoms. The SMILES string of the molecule is O=C(O)C1COCCN1CC1COC1. The highest BCUT2D eigenvalue weighted by Gasteiger charge is 2.32. The molecular weight excluding hydrogens is 186 g/mol. The molecule has 2 aliphatic heterocycles. The van der Waals surface area contributed by atoms with Gasteiger partial charge < -0.3 is 14.6 Å². The van der Waals surface area contributed by atoms with Gasteiger partial charge in [-0.2, -0.15) is 0 Å². The third-order valence-corrected chi connectivity index (χ3v) is 2.72. The van der Waals surface area contributed by atoms with Crippen molar-refractivity contribution < 1.29 is 19.4 Å². The fraction of sp³-hybridized carbons (Fsp3) is 0.889. The van der Waals surface area contributed by atoms with Crippen molar-refractivity contribution in [1.82, 2.24) is 4.90 Å². The summed E-state index contributed by atoms with van der Waals surface area (Å²) < 4.78 is 10.2. The molecule has 2 saturated heterocycles. The second kappa shape index (κ2) is 4.25. The standard InChI is InChI=1S/C9H15NO4/c11-9(12)8-6-13-2-1-10(8)3-7-4-14-5-7/h7-8H,1-6H2,(H,11,12). The molecule has 2 fully saturated rings. The Labute approximate surface area is 82.6 Å². The summed E-state index contributed by atoms with van der Waals surface area (Å²) in [7, 11) is 0. The maximum atomic E-state index is 10.9. The molecule has 1 unspecified atom stereocenters. The van der Waals surface area contributed by atoms with Crippen LogP contribution in [-0.4, -0.2) is 61.5 Å². The molecule has 1 atom stereocenters. The van der Waals surface area contributed by atoms with Gasteiger partial charge in [0.25, 0.3) is 0 Å². The van der Waals surface area contributed by atoms with Gasteiger partial charge in [0.15, 0.2) is 0 Å². The third-order valence-electron chi connectivity index (χ3n) is 2.72. The first-order valence-corrected chi connectivity index (χ1v) is 4.89. The van der Waals surface area contributed by atoms with Crippen LogP contribution in [0.4, 0.5) is 0 Å². The van der Waals surface area contributed by atoms with Gasteiger partial charge in [-0.15, -0.1) is 0 Å². The number of carboxylic acids is 1. The second-order valence-electron chi connectivity index (χ2n) is 3.83. The number of ether oxygens (including phenoxy) is 2. The Morgan fingerprint density at radius 3 is 2.71 bits per heavy atom. The first kappa shape index (κ1) is 9.89. The first-order chi connectivity index (χ1) is 6.77. The van der Waals surface area contributed by atoms with Crippen LogP contribution in [0.15, 0.2) is 0 Å². The summed E-state index contributed by atoms with van der Waals surface area (Å²) in [6, 6.07) is -0.468. The van der Waals surface area contributed by atoms with Crippen LogP contribution in [0.5, 0.6) is 0 Å². The van der Waals surface area contributed by atoms with E-state index in [0.717, 1.165) is 19.8 Å². The molecule has 2 heterocycles. The van der Waals surface area contributed by atoms with E-state index in [-0.39, 0.29) is 0 Å². The third kappa shape index (κ3) is 2.05. The summed E-state index contributed by atoms with van der Waals surface area (Å²) in [5, 5.41) is 8.96. The smallest absolute Gasteiger partial charge is 0.323 e. The Morgan fingerprint density at radius 1 is 1.36 bits per heavy atom. The Hall–Kier alpha value is -0.650. The normalized spacial score (nSPS) is 29.9. The highest BCUT2D eigenvalue weighted by Crippen LogP contribution is 2.15. The van der Waals surface area contributed by atoms with Crippen LogP contribution >= 0.6 is 0 Å². The van der Waals surface area contributed by atoms with Crippen molar-refractivity contribution in [3.8, 4) is 0 Å². The van der Waals surface area contributed by atoms with Crippen LogP contribution in [0.3, 0.4) is 0 Å². The zero-order chi connectivity index (χ0) is 9.97. The summed E-state index contributed by atoms with van der Waals surface area (Å²) in [6.45, 7) is 4.02. The van der Waals surface area contributed by atoms with Crippen LogP contribution < -0.4 is 0 Å². The summed E-state index contributed by atoms with van der Waals surface area (Å²) in [5.41, 5.74) is 0. The topological polar surface area (TPSA) is 59.0 Å². The average molecular weight is 201 g/mol. The Kier molecular flexibility index (Phi) is 3.00. The van der Waals surface area contributed by atoms with Crippen LogP contribution in [0.2, 0.25) is 0 Å². The maximum absolute atomic E-state index is 10.9. The molecule has 0 amide bonds. The molecule has 5 nitrogen and oxygen atoms in total. The Morgan fingerprint density at radius 2 is 2.14 bits per heavy atom. The molecule has 0 aromatic heterocycles. The van der Waals surface area contributed by atoms with E-state index in [1.54, 1.807) is 0 Å². The maximum Gasteiger partial charge on any atom is 0.323 e. The number of carboxylic acid groups (broad SMARTS) is 1. The molecule has 80 valence electrons. The highest BCUT2D eigenvalue weighted by molar-refractivity contribution is 5.73. The van der Waals surface area contributed by atoms with Crippen LogP contribution in [0.25, 0.3) is 0 Å². The number of nitrogens with zero attached hydrogens (tertiary/aromatic N) is 1. The highest BCUT2D eigenvalue weighted by atomic mass is 16.5. The minimum Gasteiger partial charge on any atom is -0.480 e. The minimum atomic E-state index is -0.787. The van der Waals surface area contributed by atoms with Gasteiger partial charge in [0.05, 0.1) is 26.4 Å². The predicted molar refractivity (Wildman–Crippen MR) is 48.1 cm³/mol. The monoisotopic (exact) mass is 201 g/mol. The molecular formula is C9H15NO4. The lowest BCUT2D eigenvalue weighted by Gasteiger charge is -2.37. The summed E-state index contributed by atoms with van der Waals surface area (Å²) in [4.78, 5) is 12.9. The summed E-state index contributed by atoms with van der Waals surface area (Å²) in [5.74, 6) is -0.278. The quantitative estimate of drug-likeness (QED) is 0.662. The van der Waals surface area contributed by atoms with Crippen LogP contribution in [0.1, 0.15) is 0 Å². The van der Waals surface area contributed by atoms with E-state index in [1.165, 1.54) is 0 Å². The largest absolute Gasteiger partial charge is 0.480 e. The molecule has 0 aromatic rings. The second-order valence-corrected chi connectivity index (χ2v) is 3.83. The van der Waals surface area contributed by atoms with Crippen molar-refractivity contribution in [2.45, 2.75) is 6.04 Å². The number of rotatable bonds is 3. The molecule has 0 spiro atoms. The molecule has 1 N–H and O–H groups in total. The predicted octanol–water partition coefficient (Wildman–Crippen LogP) is -0.582. The van der Waals surface area contributed by atoms with Crippen molar-refractivity contribution in [3.05, 3.63) is 0 Å². The van der Waals surface area contributed by atoms with Gasteiger partial charge in [-0.1, -0.05) is 0 Å². The fourth-order valence-electron chi connectivity index (χ4n) is 1.81. The van der Waals surface area contributed by atoms with E-state index < -0.39 is 12.0 Å². The molecule has 0 radical (unpaired) electrons. The number of carbonyl (C=O) groups is 1. The molecule has 0 bridgehead atoms. The zero-order valence-electron chi connectivity index (χ0n) is 8.02. The van der Waals surface area contributed by atoms with Gasteiger partial charge in [-0.05, 0) is 0 Å². The molecule has 0 aliphatic carbocycles. The molecule has 5 heteroatoms. The molecule has 2 rings (SSSR count). The zero-order valence-corrected chi connectivity index (χ0v) is 8.02. The first-order valence-electron chi connectivity index (χ1n) is 4.89. The lowest BCUT2D eigenvalue weighted by atomic mass is 10.1. The van der Waals surface area contributed by atoms with Crippen molar-refractivity contribution in [2.24, 2.45) is 5.92 Å². The van der Waals surface area contributed by atoms with Gasteiger partial charge in [0, 0.05) is 19.0 Å². The minimum absolute atomic E-state index is 0.308. The Balaban J connectivity index is 1.88. The van der Waals surface area contributed by atoms with Crippen molar-refractivity contribution >= 4 is 5.97 Å². The number of morpholine rings is 1. The van der Waals surface area contributed by atoms with Crippen molar-refractivity contribution in [2.75, 3.05) is 39.5 Å². The average Bonchev–Trinajstić information content (AvgIpc) is 2.12. The van der Waals surface area contributed by atoms with Gasteiger partial charge in [0.1, 0.15) is 6.04 Å². The van der Waals surface area contributed by atoms with E-state index in [1.807, 2.05) is 4.90 Å². The summed E-state index contributed by atoms with van der Waals surface area (Å²) in [6.07, 6.45) is 0. The number of aliphatic carboxylic acids is 1. The number of hydrogen-bond acceptors (Lipinski definition) is 4. The van der Waals surface area contributed by atoms with Gasteiger partial charge in [-0.25, -0.2) is 0 Å². The van der Waals surface area contributed by atoms with E-state index in [9.17, 15) is 4.79 Å². The Bertz CT molecular complexity index is 217. The molecule has 2 aliphatic rings. The van der Waals surface area contributed by atoms with Crippen molar-refractivity contribution in [1.29, 1.82) is 0 Å². The number of hydrogen-bond donors (Lipinski definition) is 1. The fourth-order valence-corrected chi connectivity index (χ4v) is 1.81. The van der Waals surface area contributed by atoms with E-state index in [2.05, 4.69) is 0 Å². The summed E-state index contributed by atoms with van der Waals surface area (Å²) >= 11 is 0. The van der Waals surface area contributed by atoms with Crippen LogP contribution in [0, 0.1) is 5.92 Å². The lowest BCUT2D eigenvalue weighted by Crippen LogP contribution is -2.53. The van der Waals surface area contributed by atoms with E-state index in [4.69, 9.17) is 14.6 Å². The van der Waals surface area contributed by atoms with Gasteiger partial charge in [-0.3, -0.25) is 9.69 Å². The molecule has 0 saturated carbocycles. The van der Waals surface area contributed by atoms with E-state index in [0.29, 0.717) is 25.7 Å². The molecule has 0 aromatic carbocycles. The van der Waals surface area contributed by atoms with Crippen molar-refractivity contribution in [3.63, 3.8) is 0 Å². The lowest BCUT2D eigenvalue weighted by molar-refractivity contribution is -0.152. The van der Waals surface area contributed by atoms with Gasteiger partial charge in [0.2, 0.25) is 0 Å². The van der Waals surface area contributed by atoms with E-state index >= 15 is 0 Å².